The van der Waals surface area contributed by atoms with Crippen LogP contribution < -0.4 is 16.2 Å². The van der Waals surface area contributed by atoms with E-state index < -0.39 is 6.10 Å². The van der Waals surface area contributed by atoms with Crippen LogP contribution in [0.1, 0.15) is 47.2 Å². The molecule has 5 rings (SSSR count). The number of anilines is 1. The summed E-state index contributed by atoms with van der Waals surface area (Å²) in [5.41, 5.74) is 9.78. The van der Waals surface area contributed by atoms with E-state index in [2.05, 4.69) is 46.0 Å². The number of fused-ring (bicyclic) bond motifs is 1. The summed E-state index contributed by atoms with van der Waals surface area (Å²) >= 11 is 0. The molecule has 1 spiro atoms. The molecular weight excluding hydrogens is 428 g/mol. The minimum atomic E-state index is -1.12. The molecule has 7 nitrogen and oxygen atoms in total. The Bertz CT molecular complexity index is 1350. The number of hydrogen-bond acceptors (Lipinski definition) is 6. The summed E-state index contributed by atoms with van der Waals surface area (Å²) in [6.07, 6.45) is 3.24. The van der Waals surface area contributed by atoms with Gasteiger partial charge in [0.1, 0.15) is 17.4 Å². The first-order chi connectivity index (χ1) is 16.4. The van der Waals surface area contributed by atoms with Crippen LogP contribution in [0.15, 0.2) is 59.5 Å². The summed E-state index contributed by atoms with van der Waals surface area (Å²) in [6, 6.07) is 14.7. The van der Waals surface area contributed by atoms with Crippen molar-refractivity contribution in [1.29, 1.82) is 0 Å². The molecule has 34 heavy (non-hydrogen) atoms. The number of aromatic hydroxyl groups is 1. The quantitative estimate of drug-likeness (QED) is 0.512. The lowest BCUT2D eigenvalue weighted by atomic mass is 9.73. The number of nitrogens with zero attached hydrogens (tertiary/aromatic N) is 3. The van der Waals surface area contributed by atoms with Crippen LogP contribution in [0.4, 0.5) is 5.95 Å². The molecule has 0 saturated carbocycles. The van der Waals surface area contributed by atoms with Crippen molar-refractivity contribution in [3.05, 3.63) is 87.3 Å². The summed E-state index contributed by atoms with van der Waals surface area (Å²) in [4.78, 5) is 19.6. The Morgan fingerprint density at radius 1 is 1.18 bits per heavy atom. The first kappa shape index (κ1) is 22.2. The number of phenols is 1. The molecule has 1 fully saturated rings. The van der Waals surface area contributed by atoms with E-state index in [1.165, 1.54) is 34.0 Å². The average molecular weight is 457 g/mol. The third kappa shape index (κ3) is 3.85. The van der Waals surface area contributed by atoms with Crippen molar-refractivity contribution in [1.82, 2.24) is 9.55 Å². The van der Waals surface area contributed by atoms with Gasteiger partial charge in [-0.15, -0.1) is 0 Å². The molecule has 1 aliphatic heterocycles. The van der Waals surface area contributed by atoms with Crippen LogP contribution >= 0.6 is 0 Å². The Hall–Kier alpha value is -3.60. The summed E-state index contributed by atoms with van der Waals surface area (Å²) in [6.45, 7) is 1.56. The molecule has 2 aliphatic rings. The van der Waals surface area contributed by atoms with Gasteiger partial charge in [-0.1, -0.05) is 48.2 Å². The second kappa shape index (κ2) is 8.64. The lowest BCUT2D eigenvalue weighted by Crippen LogP contribution is -2.46. The number of hydrogen-bond donors (Lipinski definition) is 3. The van der Waals surface area contributed by atoms with E-state index in [0.717, 1.165) is 32.4 Å². The Labute approximate surface area is 198 Å². The molecule has 1 unspecified atom stereocenters. The van der Waals surface area contributed by atoms with Crippen LogP contribution in [-0.2, 0) is 13.5 Å². The van der Waals surface area contributed by atoms with Crippen LogP contribution in [0.5, 0.6) is 5.75 Å². The molecule has 7 heteroatoms. The third-order valence-electron chi connectivity index (χ3n) is 7.31. The number of aliphatic hydroxyl groups excluding tert-OH is 1. The zero-order valence-corrected chi connectivity index (χ0v) is 19.1. The second-order valence-electron chi connectivity index (χ2n) is 9.31. The summed E-state index contributed by atoms with van der Waals surface area (Å²) < 4.78 is 1.52. The zero-order valence-electron chi connectivity index (χ0n) is 19.1. The van der Waals surface area contributed by atoms with Crippen molar-refractivity contribution in [3.63, 3.8) is 0 Å². The third-order valence-corrected chi connectivity index (χ3v) is 7.31. The number of rotatable bonds is 2. The Kier molecular flexibility index (Phi) is 5.64. The molecule has 2 atom stereocenters. The number of benzene rings is 2. The fraction of sp³-hybridized carbons (Fsp3) is 0.333. The Balaban J connectivity index is 1.31. The summed E-state index contributed by atoms with van der Waals surface area (Å²) in [5.74, 6) is 6.08. The van der Waals surface area contributed by atoms with Crippen LogP contribution in [-0.4, -0.2) is 32.9 Å². The average Bonchev–Trinajstić information content (AvgIpc) is 3.12. The molecule has 4 N–H and O–H groups in total. The lowest BCUT2D eigenvalue weighted by Gasteiger charge is -2.42. The molecule has 0 bridgehead atoms. The molecule has 1 aromatic heterocycles. The highest BCUT2D eigenvalue weighted by Gasteiger charge is 2.46. The van der Waals surface area contributed by atoms with E-state index in [1.807, 2.05) is 0 Å². The van der Waals surface area contributed by atoms with Gasteiger partial charge in [0.05, 0.1) is 6.20 Å². The standard InChI is InChI=1S/C27H28N4O3/c1-30-25(34)20(9-10-23(33)18-6-4-7-21(32)15-18)17-29-26(30)31-13-11-27(12-14-31)16-19-5-2-3-8-22(19)24(27)28/h2-8,15,17,23-24,32-33H,11-14,16,28H2,1H3/t23?,24-/m1/s1. The first-order valence-corrected chi connectivity index (χ1v) is 11.5. The molecule has 1 aliphatic carbocycles. The predicted octanol–water partition coefficient (Wildman–Crippen LogP) is 2.41. The van der Waals surface area contributed by atoms with E-state index in [1.54, 1.807) is 19.2 Å². The largest absolute Gasteiger partial charge is 0.508 e. The van der Waals surface area contributed by atoms with Gasteiger partial charge < -0.3 is 20.8 Å². The molecule has 0 radical (unpaired) electrons. The van der Waals surface area contributed by atoms with Crippen molar-refractivity contribution < 1.29 is 10.2 Å². The van der Waals surface area contributed by atoms with Crippen LogP contribution in [0.25, 0.3) is 0 Å². The highest BCUT2D eigenvalue weighted by atomic mass is 16.3. The fourth-order valence-electron chi connectivity index (χ4n) is 5.30. The van der Waals surface area contributed by atoms with Crippen molar-refractivity contribution in [2.75, 3.05) is 18.0 Å². The van der Waals surface area contributed by atoms with Crippen molar-refractivity contribution in [2.45, 2.75) is 31.4 Å². The van der Waals surface area contributed by atoms with Crippen molar-refractivity contribution in [2.24, 2.45) is 18.2 Å². The molecule has 0 amide bonds. The number of phenolic OH excluding ortho intramolecular Hbond substituents is 1. The highest BCUT2D eigenvalue weighted by Crippen LogP contribution is 2.50. The molecule has 174 valence electrons. The maximum absolute atomic E-state index is 12.9. The minimum absolute atomic E-state index is 0.0400. The highest BCUT2D eigenvalue weighted by molar-refractivity contribution is 5.42. The van der Waals surface area contributed by atoms with Gasteiger partial charge >= 0.3 is 0 Å². The van der Waals surface area contributed by atoms with Gasteiger partial charge in [0, 0.05) is 26.2 Å². The van der Waals surface area contributed by atoms with Gasteiger partial charge in [0.2, 0.25) is 5.95 Å². The SMILES string of the molecule is Cn1c(N2CCC3(CC2)Cc2ccccc2[C@H]3N)ncc(C#CC(O)c2cccc(O)c2)c1=O. The molecule has 3 aromatic rings. The van der Waals surface area contributed by atoms with Gasteiger partial charge in [-0.3, -0.25) is 9.36 Å². The maximum atomic E-state index is 12.9. The molecule has 2 aromatic carbocycles. The smallest absolute Gasteiger partial charge is 0.270 e. The molecule has 2 heterocycles. The topological polar surface area (TPSA) is 105 Å². The van der Waals surface area contributed by atoms with E-state index in [4.69, 9.17) is 5.73 Å². The van der Waals surface area contributed by atoms with Crippen LogP contribution in [0.2, 0.25) is 0 Å². The van der Waals surface area contributed by atoms with Gasteiger partial charge in [0.15, 0.2) is 0 Å². The lowest BCUT2D eigenvalue weighted by molar-refractivity contribution is 0.186. The fourth-order valence-corrected chi connectivity index (χ4v) is 5.30. The van der Waals surface area contributed by atoms with E-state index >= 15 is 0 Å². The first-order valence-electron chi connectivity index (χ1n) is 11.5. The van der Waals surface area contributed by atoms with Crippen LogP contribution in [0.3, 0.4) is 0 Å². The Morgan fingerprint density at radius 2 is 1.94 bits per heavy atom. The summed E-state index contributed by atoms with van der Waals surface area (Å²) in [5, 5.41) is 19.9. The van der Waals surface area contributed by atoms with E-state index in [9.17, 15) is 15.0 Å². The normalized spacial score (nSPS) is 19.4. The number of aliphatic hydroxyl groups is 1. The number of nitrogens with two attached hydrogens (primary N) is 1. The minimum Gasteiger partial charge on any atom is -0.508 e. The van der Waals surface area contributed by atoms with Gasteiger partial charge in [-0.2, -0.15) is 0 Å². The predicted molar refractivity (Wildman–Crippen MR) is 130 cm³/mol. The second-order valence-corrected chi connectivity index (χ2v) is 9.31. The van der Waals surface area contributed by atoms with Crippen LogP contribution in [0, 0.1) is 17.3 Å². The van der Waals surface area contributed by atoms with Crippen molar-refractivity contribution in [3.8, 4) is 17.6 Å². The van der Waals surface area contributed by atoms with Gasteiger partial charge in [-0.05, 0) is 53.5 Å². The molecule has 1 saturated heterocycles. The maximum Gasteiger partial charge on any atom is 0.270 e. The van der Waals surface area contributed by atoms with Gasteiger partial charge in [-0.25, -0.2) is 4.98 Å². The number of piperidine rings is 1. The summed E-state index contributed by atoms with van der Waals surface area (Å²) in [7, 11) is 1.70. The zero-order chi connectivity index (χ0) is 23.9. The Morgan fingerprint density at radius 3 is 2.68 bits per heavy atom. The van der Waals surface area contributed by atoms with Gasteiger partial charge in [0.25, 0.3) is 5.56 Å². The van der Waals surface area contributed by atoms with E-state index in [-0.39, 0.29) is 28.3 Å². The van der Waals surface area contributed by atoms with Crippen molar-refractivity contribution >= 4 is 5.95 Å². The monoisotopic (exact) mass is 456 g/mol. The number of aromatic nitrogens is 2. The van der Waals surface area contributed by atoms with E-state index in [0.29, 0.717) is 11.5 Å². The molecular formula is C27H28N4O3.